The summed E-state index contributed by atoms with van der Waals surface area (Å²) in [5, 5.41) is 0. The molecule has 2 N–H and O–H groups in total. The monoisotopic (exact) mass is 365 g/mol. The van der Waals surface area contributed by atoms with Crippen molar-refractivity contribution in [2.45, 2.75) is 83.7 Å². The molecule has 0 aromatic carbocycles. The summed E-state index contributed by atoms with van der Waals surface area (Å²) in [4.78, 5) is 0. The molecule has 0 rings (SSSR count). The molecule has 0 atom stereocenters. The van der Waals surface area contributed by atoms with Gasteiger partial charge >= 0.3 is 0 Å². The summed E-state index contributed by atoms with van der Waals surface area (Å²) in [7, 11) is -3.92. The summed E-state index contributed by atoms with van der Waals surface area (Å²) in [6, 6.07) is 0. The highest BCUT2D eigenvalue weighted by Gasteiger charge is 2.27. The van der Waals surface area contributed by atoms with Crippen molar-refractivity contribution in [2.75, 3.05) is 13.2 Å². The van der Waals surface area contributed by atoms with Crippen LogP contribution in [0, 0.1) is 0 Å². The first-order chi connectivity index (χ1) is 10.1. The van der Waals surface area contributed by atoms with Gasteiger partial charge in [0.1, 0.15) is 5.91 Å². The quantitative estimate of drug-likeness (QED) is 0.291. The summed E-state index contributed by atoms with van der Waals surface area (Å²) in [5.41, 5.74) is 5.49. The molecule has 4 nitrogen and oxygen atoms in total. The molecule has 0 aliphatic heterocycles. The molecule has 0 aliphatic carbocycles. The van der Waals surface area contributed by atoms with Gasteiger partial charge in [-0.05, 0) is 58.7 Å². The summed E-state index contributed by atoms with van der Waals surface area (Å²) in [6.45, 7) is 15.0. The van der Waals surface area contributed by atoms with E-state index in [2.05, 4.69) is 39.3 Å². The Morgan fingerprint density at radius 1 is 0.773 bits per heavy atom. The van der Waals surface area contributed by atoms with E-state index >= 15 is 0 Å². The minimum atomic E-state index is -1.57. The zero-order valence-electron chi connectivity index (χ0n) is 15.7. The largest absolute Gasteiger partial charge is 0.418 e. The molecule has 0 amide bonds. The molecule has 0 aromatic rings. The van der Waals surface area contributed by atoms with E-state index in [1.54, 1.807) is 0 Å². The SMILES string of the molecule is C[Si](C)(C)OC(O[Si](C)(C)C)[SiH2]OCCCCCCCCN. The Morgan fingerprint density at radius 3 is 1.68 bits per heavy atom. The summed E-state index contributed by atoms with van der Waals surface area (Å²) in [6.07, 6.45) is 7.44. The highest BCUT2D eigenvalue weighted by atomic mass is 28.4. The molecule has 0 saturated carbocycles. The van der Waals surface area contributed by atoms with Crippen LogP contribution in [-0.4, -0.2) is 45.5 Å². The van der Waals surface area contributed by atoms with Crippen LogP contribution in [0.3, 0.4) is 0 Å². The fourth-order valence-corrected chi connectivity index (χ4v) is 7.99. The van der Waals surface area contributed by atoms with Crippen LogP contribution < -0.4 is 5.73 Å². The van der Waals surface area contributed by atoms with Gasteiger partial charge in [0.25, 0.3) is 0 Å². The van der Waals surface area contributed by atoms with Crippen LogP contribution in [0.1, 0.15) is 38.5 Å². The second-order valence-electron chi connectivity index (χ2n) is 7.87. The first kappa shape index (κ1) is 22.5. The van der Waals surface area contributed by atoms with E-state index in [0.29, 0.717) is 0 Å². The molecule has 0 aromatic heterocycles. The predicted molar refractivity (Wildman–Crippen MR) is 104 cm³/mol. The van der Waals surface area contributed by atoms with Crippen LogP contribution in [0.5, 0.6) is 0 Å². The smallest absolute Gasteiger partial charge is 0.221 e. The molecule has 7 heteroatoms. The molecule has 134 valence electrons. The van der Waals surface area contributed by atoms with Crippen LogP contribution in [0.2, 0.25) is 39.3 Å². The lowest BCUT2D eigenvalue weighted by molar-refractivity contribution is 0.0464. The lowest BCUT2D eigenvalue weighted by Crippen LogP contribution is -2.43. The Kier molecular flexibility index (Phi) is 12.2. The molecule has 0 heterocycles. The van der Waals surface area contributed by atoms with Crippen LogP contribution in [0.15, 0.2) is 0 Å². The second-order valence-corrected chi connectivity index (χ2v) is 18.2. The molecular weight excluding hydrogens is 326 g/mol. The van der Waals surface area contributed by atoms with Gasteiger partial charge in [-0.1, -0.05) is 25.7 Å². The minimum Gasteiger partial charge on any atom is -0.418 e. The van der Waals surface area contributed by atoms with Gasteiger partial charge in [0, 0.05) is 6.61 Å². The van der Waals surface area contributed by atoms with Crippen molar-refractivity contribution in [3.63, 3.8) is 0 Å². The van der Waals surface area contributed by atoms with E-state index in [-0.39, 0.29) is 5.91 Å². The van der Waals surface area contributed by atoms with Gasteiger partial charge in [0.15, 0.2) is 16.6 Å². The predicted octanol–water partition coefficient (Wildman–Crippen LogP) is 3.37. The average Bonchev–Trinajstić information content (AvgIpc) is 2.32. The molecule has 0 aliphatic rings. The molecular formula is C15H39NO3Si3. The summed E-state index contributed by atoms with van der Waals surface area (Å²) >= 11 is 0. The number of nitrogens with two attached hydrogens (primary N) is 1. The van der Waals surface area contributed by atoms with Gasteiger partial charge in [-0.25, -0.2) is 0 Å². The molecule has 0 bridgehead atoms. The summed E-state index contributed by atoms with van der Waals surface area (Å²) in [5.74, 6) is -0.0529. The molecule has 0 fully saturated rings. The molecule has 22 heavy (non-hydrogen) atoms. The Morgan fingerprint density at radius 2 is 1.23 bits per heavy atom. The van der Waals surface area contributed by atoms with E-state index in [1.165, 1.54) is 25.7 Å². The van der Waals surface area contributed by atoms with E-state index < -0.39 is 26.4 Å². The fraction of sp³-hybridized carbons (Fsp3) is 1.00. The number of unbranched alkanes of at least 4 members (excludes halogenated alkanes) is 5. The molecule has 0 spiro atoms. The van der Waals surface area contributed by atoms with E-state index in [1.807, 2.05) is 0 Å². The third kappa shape index (κ3) is 16.9. The number of hydrogen-bond acceptors (Lipinski definition) is 4. The van der Waals surface area contributed by atoms with Crippen molar-refractivity contribution in [2.24, 2.45) is 5.73 Å². The normalized spacial score (nSPS) is 13.6. The van der Waals surface area contributed by atoms with Crippen molar-refractivity contribution in [3.8, 4) is 0 Å². The Balaban J connectivity index is 3.80. The van der Waals surface area contributed by atoms with Gasteiger partial charge in [-0.15, -0.1) is 0 Å². The Labute approximate surface area is 142 Å². The maximum Gasteiger partial charge on any atom is 0.221 e. The average molecular weight is 366 g/mol. The van der Waals surface area contributed by atoms with Gasteiger partial charge in [0.2, 0.25) is 9.76 Å². The van der Waals surface area contributed by atoms with Crippen molar-refractivity contribution >= 4 is 26.4 Å². The molecule has 0 saturated heterocycles. The fourth-order valence-electron chi connectivity index (χ4n) is 2.12. The summed E-state index contributed by atoms with van der Waals surface area (Å²) < 4.78 is 18.3. The van der Waals surface area contributed by atoms with Crippen molar-refractivity contribution in [3.05, 3.63) is 0 Å². The maximum absolute atomic E-state index is 6.16. The highest BCUT2D eigenvalue weighted by Crippen LogP contribution is 2.14. The standard InChI is InChI=1S/C15H39NO3Si3/c1-21(2,3)18-15(19-22(4,5)6)20-17-14-12-10-8-7-9-11-13-16/h15H,7-14,16,20H2,1-6H3. The van der Waals surface area contributed by atoms with E-state index in [0.717, 1.165) is 26.0 Å². The second kappa shape index (κ2) is 11.9. The van der Waals surface area contributed by atoms with Crippen LogP contribution in [0.25, 0.3) is 0 Å². The van der Waals surface area contributed by atoms with Crippen molar-refractivity contribution in [1.82, 2.24) is 0 Å². The molecule has 0 radical (unpaired) electrons. The van der Waals surface area contributed by atoms with Gasteiger partial charge in [-0.2, -0.15) is 0 Å². The van der Waals surface area contributed by atoms with Gasteiger partial charge in [0.05, 0.1) is 0 Å². The zero-order valence-corrected chi connectivity index (χ0v) is 19.2. The van der Waals surface area contributed by atoms with Gasteiger partial charge in [-0.3, -0.25) is 0 Å². The van der Waals surface area contributed by atoms with Crippen LogP contribution in [0.4, 0.5) is 0 Å². The van der Waals surface area contributed by atoms with Crippen molar-refractivity contribution in [1.29, 1.82) is 0 Å². The Hall–Kier alpha value is 0.491. The van der Waals surface area contributed by atoms with Crippen molar-refractivity contribution < 1.29 is 13.3 Å². The first-order valence-corrected chi connectivity index (χ1v) is 17.0. The Bertz CT molecular complexity index is 252. The van der Waals surface area contributed by atoms with E-state index in [4.69, 9.17) is 19.0 Å². The lowest BCUT2D eigenvalue weighted by Gasteiger charge is -2.31. The zero-order chi connectivity index (χ0) is 17.1. The maximum atomic E-state index is 6.16. The van der Waals surface area contributed by atoms with Crippen LogP contribution >= 0.6 is 0 Å². The minimum absolute atomic E-state index is 0.0529. The van der Waals surface area contributed by atoms with E-state index in [9.17, 15) is 0 Å². The third-order valence-corrected chi connectivity index (χ3v) is 6.70. The molecule has 0 unspecified atom stereocenters. The lowest BCUT2D eigenvalue weighted by atomic mass is 10.1. The number of rotatable bonds is 14. The van der Waals surface area contributed by atoms with Gasteiger partial charge < -0.3 is 19.0 Å². The highest BCUT2D eigenvalue weighted by molar-refractivity contribution is 6.71. The topological polar surface area (TPSA) is 53.7 Å². The third-order valence-electron chi connectivity index (χ3n) is 2.97. The van der Waals surface area contributed by atoms with Crippen LogP contribution in [-0.2, 0) is 13.3 Å². The number of hydrogen-bond donors (Lipinski definition) is 1. The first-order valence-electron chi connectivity index (χ1n) is 8.77.